The summed E-state index contributed by atoms with van der Waals surface area (Å²) in [4.78, 5) is 25.2. The molecule has 0 radical (unpaired) electrons. The Labute approximate surface area is 127 Å². The number of fused-ring (bicyclic) bond motifs is 2. The van der Waals surface area contributed by atoms with Crippen LogP contribution in [0.3, 0.4) is 0 Å². The molecular formula is C19H26O2. The molecule has 0 amide bonds. The maximum absolute atomic E-state index is 12.6. The van der Waals surface area contributed by atoms with E-state index in [1.165, 1.54) is 11.1 Å². The smallest absolute Gasteiger partial charge is 0.139 e. The summed E-state index contributed by atoms with van der Waals surface area (Å²) >= 11 is 0. The van der Waals surface area contributed by atoms with E-state index in [9.17, 15) is 9.59 Å². The van der Waals surface area contributed by atoms with Crippen LogP contribution in [0.2, 0.25) is 0 Å². The van der Waals surface area contributed by atoms with Gasteiger partial charge < -0.3 is 0 Å². The first kappa shape index (κ1) is 13.7. The molecule has 4 aliphatic carbocycles. The molecule has 2 heteroatoms. The lowest BCUT2D eigenvalue weighted by atomic mass is 9.45. The van der Waals surface area contributed by atoms with Crippen molar-refractivity contribution in [3.63, 3.8) is 0 Å². The van der Waals surface area contributed by atoms with Gasteiger partial charge in [-0.1, -0.05) is 25.0 Å². The summed E-state index contributed by atoms with van der Waals surface area (Å²) in [7, 11) is 0. The van der Waals surface area contributed by atoms with Crippen molar-refractivity contribution in [1.82, 2.24) is 0 Å². The van der Waals surface area contributed by atoms with Gasteiger partial charge in [0.25, 0.3) is 0 Å². The van der Waals surface area contributed by atoms with Crippen LogP contribution in [0.25, 0.3) is 0 Å². The minimum absolute atomic E-state index is 0.129. The first-order valence-corrected chi connectivity index (χ1v) is 8.63. The summed E-state index contributed by atoms with van der Waals surface area (Å²) in [5.41, 5.74) is 2.72. The summed E-state index contributed by atoms with van der Waals surface area (Å²) in [6.07, 6.45) is 6.60. The van der Waals surface area contributed by atoms with Crippen molar-refractivity contribution in [3.05, 3.63) is 11.1 Å². The summed E-state index contributed by atoms with van der Waals surface area (Å²) in [5, 5.41) is 0. The van der Waals surface area contributed by atoms with Gasteiger partial charge in [0.05, 0.1) is 0 Å². The summed E-state index contributed by atoms with van der Waals surface area (Å²) in [5.74, 6) is 2.51. The van der Waals surface area contributed by atoms with E-state index in [2.05, 4.69) is 20.8 Å². The Morgan fingerprint density at radius 1 is 0.952 bits per heavy atom. The van der Waals surface area contributed by atoms with E-state index < -0.39 is 0 Å². The Bertz CT molecular complexity index is 572. The summed E-state index contributed by atoms with van der Waals surface area (Å²) < 4.78 is 0. The molecule has 0 aromatic heterocycles. The van der Waals surface area contributed by atoms with E-state index in [1.54, 1.807) is 0 Å². The minimum Gasteiger partial charge on any atom is -0.299 e. The van der Waals surface area contributed by atoms with Crippen LogP contribution in [0, 0.1) is 28.6 Å². The van der Waals surface area contributed by atoms with Gasteiger partial charge in [0.2, 0.25) is 0 Å². The third-order valence-electron chi connectivity index (χ3n) is 7.61. The maximum atomic E-state index is 12.6. The van der Waals surface area contributed by atoms with Crippen molar-refractivity contribution in [2.24, 2.45) is 28.6 Å². The molecule has 0 aliphatic heterocycles. The molecule has 0 N–H and O–H groups in total. The zero-order valence-electron chi connectivity index (χ0n) is 13.5. The van der Waals surface area contributed by atoms with Crippen LogP contribution in [0.1, 0.15) is 65.7 Å². The number of allylic oxidation sites excluding steroid dienone is 2. The van der Waals surface area contributed by atoms with Gasteiger partial charge in [-0.2, -0.15) is 0 Å². The Morgan fingerprint density at radius 3 is 2.38 bits per heavy atom. The average molecular weight is 286 g/mol. The van der Waals surface area contributed by atoms with E-state index >= 15 is 0 Å². The second kappa shape index (κ2) is 4.08. The highest BCUT2D eigenvalue weighted by Crippen LogP contribution is 2.65. The van der Waals surface area contributed by atoms with Crippen LogP contribution < -0.4 is 0 Å². The number of hydrogen-bond donors (Lipinski definition) is 0. The molecule has 0 aromatic rings. The van der Waals surface area contributed by atoms with E-state index in [-0.39, 0.29) is 10.8 Å². The topological polar surface area (TPSA) is 34.1 Å². The molecule has 0 spiro atoms. The fourth-order valence-electron chi connectivity index (χ4n) is 6.31. The Balaban J connectivity index is 1.87. The number of carbonyl (C=O) groups excluding carboxylic acids is 2. The first-order valence-electron chi connectivity index (χ1n) is 8.63. The van der Waals surface area contributed by atoms with Crippen molar-refractivity contribution in [2.75, 3.05) is 0 Å². The first-order chi connectivity index (χ1) is 9.88. The lowest BCUT2D eigenvalue weighted by Gasteiger charge is -2.57. The molecule has 0 heterocycles. The molecule has 0 saturated heterocycles. The van der Waals surface area contributed by atoms with Crippen LogP contribution >= 0.6 is 0 Å². The van der Waals surface area contributed by atoms with Crippen molar-refractivity contribution in [1.29, 1.82) is 0 Å². The van der Waals surface area contributed by atoms with Gasteiger partial charge in [0.15, 0.2) is 0 Å². The zero-order valence-corrected chi connectivity index (χ0v) is 13.5. The monoisotopic (exact) mass is 286 g/mol. The van der Waals surface area contributed by atoms with Crippen LogP contribution in [-0.2, 0) is 9.59 Å². The number of carbonyl (C=O) groups is 2. The summed E-state index contributed by atoms with van der Waals surface area (Å²) in [6.45, 7) is 6.68. The van der Waals surface area contributed by atoms with Gasteiger partial charge >= 0.3 is 0 Å². The number of ketones is 2. The second-order valence-corrected chi connectivity index (χ2v) is 8.49. The van der Waals surface area contributed by atoms with Crippen LogP contribution in [0.15, 0.2) is 11.1 Å². The number of hydrogen-bond acceptors (Lipinski definition) is 2. The summed E-state index contributed by atoms with van der Waals surface area (Å²) in [6, 6.07) is 0. The van der Waals surface area contributed by atoms with Gasteiger partial charge in [-0.25, -0.2) is 0 Å². The fraction of sp³-hybridized carbons (Fsp3) is 0.789. The average Bonchev–Trinajstić information content (AvgIpc) is 2.74. The van der Waals surface area contributed by atoms with Crippen LogP contribution in [0.4, 0.5) is 0 Å². The van der Waals surface area contributed by atoms with Gasteiger partial charge in [0, 0.05) is 23.7 Å². The molecule has 0 aromatic carbocycles. The number of Topliss-reactive ketones (excluding diaryl/α,β-unsaturated/α-hetero) is 2. The lowest BCUT2D eigenvalue weighted by Crippen LogP contribution is -2.54. The van der Waals surface area contributed by atoms with Gasteiger partial charge in [-0.3, -0.25) is 9.59 Å². The fourth-order valence-corrected chi connectivity index (χ4v) is 6.31. The number of rotatable bonds is 0. The van der Waals surface area contributed by atoms with Gasteiger partial charge in [-0.05, 0) is 56.8 Å². The van der Waals surface area contributed by atoms with Crippen LogP contribution in [0.5, 0.6) is 0 Å². The normalized spacial score (nSPS) is 49.2. The lowest BCUT2D eigenvalue weighted by molar-refractivity contribution is -0.143. The largest absolute Gasteiger partial charge is 0.299 e. The SMILES string of the molecule is CC1=C2C[C@]3(C)C(=O)CC[C@H]3[C@@H]3CCC(=O)[C@](C)(CC1)[C@H]23. The molecule has 3 fully saturated rings. The third-order valence-corrected chi connectivity index (χ3v) is 7.61. The standard InChI is InChI=1S/C19H26O2/c1-11-8-9-18(2)15(20)6-4-12-14-5-7-16(21)19(14,3)10-13(11)17(12)18/h12,14,17H,4-10H2,1-3H3/t12-,14-,17-,18-,19-/m0/s1. The van der Waals surface area contributed by atoms with Gasteiger partial charge in [-0.15, -0.1) is 0 Å². The van der Waals surface area contributed by atoms with Crippen LogP contribution in [-0.4, -0.2) is 11.6 Å². The zero-order chi connectivity index (χ0) is 15.0. The molecular weight excluding hydrogens is 260 g/mol. The quantitative estimate of drug-likeness (QED) is 0.629. The molecule has 3 saturated carbocycles. The molecule has 4 rings (SSSR count). The predicted octanol–water partition coefficient (Wildman–Crippen LogP) is 4.09. The van der Waals surface area contributed by atoms with Crippen molar-refractivity contribution < 1.29 is 9.59 Å². The highest BCUT2D eigenvalue weighted by atomic mass is 16.1. The molecule has 0 unspecified atom stereocenters. The predicted molar refractivity (Wildman–Crippen MR) is 81.7 cm³/mol. The van der Waals surface area contributed by atoms with Crippen molar-refractivity contribution in [3.8, 4) is 0 Å². The Kier molecular flexibility index (Phi) is 2.67. The maximum Gasteiger partial charge on any atom is 0.139 e. The van der Waals surface area contributed by atoms with Gasteiger partial charge in [0.1, 0.15) is 11.6 Å². The molecule has 0 bridgehead atoms. The van der Waals surface area contributed by atoms with E-state index in [0.717, 1.165) is 44.9 Å². The Hall–Kier alpha value is -0.920. The molecule has 114 valence electrons. The highest BCUT2D eigenvalue weighted by Gasteiger charge is 2.62. The van der Waals surface area contributed by atoms with E-state index in [1.807, 2.05) is 0 Å². The Morgan fingerprint density at radius 2 is 1.62 bits per heavy atom. The van der Waals surface area contributed by atoms with Crippen molar-refractivity contribution >= 4 is 11.6 Å². The van der Waals surface area contributed by atoms with E-state index in [4.69, 9.17) is 0 Å². The van der Waals surface area contributed by atoms with E-state index in [0.29, 0.717) is 29.3 Å². The molecule has 5 atom stereocenters. The molecule has 4 aliphatic rings. The second-order valence-electron chi connectivity index (χ2n) is 8.49. The minimum atomic E-state index is -0.134. The molecule has 21 heavy (non-hydrogen) atoms. The highest BCUT2D eigenvalue weighted by molar-refractivity contribution is 5.89. The van der Waals surface area contributed by atoms with Crippen molar-refractivity contribution in [2.45, 2.75) is 65.7 Å². The third kappa shape index (κ3) is 1.54. The molecule has 2 nitrogen and oxygen atoms in total.